The van der Waals surface area contributed by atoms with Gasteiger partial charge in [0.05, 0.1) is 19.9 Å². The lowest BCUT2D eigenvalue weighted by atomic mass is 10.1. The van der Waals surface area contributed by atoms with Crippen LogP contribution in [0, 0.1) is 0 Å². The monoisotopic (exact) mass is 358 g/mol. The maximum atomic E-state index is 12.3. The molecule has 0 amide bonds. The Morgan fingerprint density at radius 3 is 2.44 bits per heavy atom. The van der Waals surface area contributed by atoms with Crippen molar-refractivity contribution in [1.29, 1.82) is 0 Å². The normalized spacial score (nSPS) is 10.4. The van der Waals surface area contributed by atoms with Crippen molar-refractivity contribution in [3.8, 4) is 22.8 Å². The molecule has 3 rings (SSSR count). The van der Waals surface area contributed by atoms with Crippen molar-refractivity contribution < 1.29 is 9.47 Å². The molecular weight excluding hydrogens is 344 g/mol. The number of anilines is 2. The third kappa shape index (κ3) is 3.72. The van der Waals surface area contributed by atoms with Gasteiger partial charge in [0.15, 0.2) is 5.69 Å². The Labute approximate surface area is 148 Å². The second kappa shape index (κ2) is 7.23. The van der Waals surface area contributed by atoms with Gasteiger partial charge in [0, 0.05) is 10.6 Å². The average Bonchev–Trinajstić information content (AvgIpc) is 2.62. The standard InChI is InChI=1S/C17H15ClN4O3/c1-24-12-6-3-10(4-7-12)15-16(23)20-17(22-21-15)19-13-9-11(18)5-8-14(13)25-2/h3-9H,1-2H3,(H2,19,20,22,23). The van der Waals surface area contributed by atoms with E-state index in [4.69, 9.17) is 21.1 Å². The smallest absolute Gasteiger partial charge is 0.279 e. The number of nitrogens with one attached hydrogen (secondary N) is 2. The number of H-pyrrole nitrogens is 1. The van der Waals surface area contributed by atoms with Crippen LogP contribution >= 0.6 is 11.6 Å². The molecule has 0 aliphatic rings. The van der Waals surface area contributed by atoms with E-state index in [0.29, 0.717) is 27.8 Å². The van der Waals surface area contributed by atoms with E-state index in [-0.39, 0.29) is 17.2 Å². The summed E-state index contributed by atoms with van der Waals surface area (Å²) in [6.07, 6.45) is 0. The van der Waals surface area contributed by atoms with Crippen LogP contribution in [0.2, 0.25) is 5.02 Å². The predicted molar refractivity (Wildman–Crippen MR) is 95.9 cm³/mol. The summed E-state index contributed by atoms with van der Waals surface area (Å²) < 4.78 is 10.3. The zero-order chi connectivity index (χ0) is 17.8. The topological polar surface area (TPSA) is 89.1 Å². The molecule has 0 radical (unpaired) electrons. The highest BCUT2D eigenvalue weighted by molar-refractivity contribution is 6.31. The number of hydrogen-bond donors (Lipinski definition) is 2. The Kier molecular flexibility index (Phi) is 4.85. The number of hydrogen-bond acceptors (Lipinski definition) is 6. The van der Waals surface area contributed by atoms with E-state index >= 15 is 0 Å². The summed E-state index contributed by atoms with van der Waals surface area (Å²) in [7, 11) is 3.11. The first-order chi connectivity index (χ1) is 12.1. The fourth-order valence-electron chi connectivity index (χ4n) is 2.24. The molecule has 2 N–H and O–H groups in total. The van der Waals surface area contributed by atoms with E-state index in [0.717, 1.165) is 0 Å². The number of aromatic amines is 1. The van der Waals surface area contributed by atoms with E-state index in [1.165, 1.54) is 7.11 Å². The van der Waals surface area contributed by atoms with Crippen LogP contribution in [0.25, 0.3) is 11.3 Å². The van der Waals surface area contributed by atoms with E-state index in [9.17, 15) is 4.79 Å². The van der Waals surface area contributed by atoms with E-state index < -0.39 is 0 Å². The number of rotatable bonds is 5. The van der Waals surface area contributed by atoms with Crippen LogP contribution in [0.5, 0.6) is 11.5 Å². The number of nitrogens with zero attached hydrogens (tertiary/aromatic N) is 2. The number of ether oxygens (including phenoxy) is 2. The minimum atomic E-state index is -0.372. The SMILES string of the molecule is COc1ccc(-c2nnc(Nc3cc(Cl)ccc3OC)[nH]c2=O)cc1. The molecule has 0 bridgehead atoms. The summed E-state index contributed by atoms with van der Waals surface area (Å²) in [4.78, 5) is 15.0. The van der Waals surface area contributed by atoms with Crippen LogP contribution in [0.1, 0.15) is 0 Å². The van der Waals surface area contributed by atoms with Gasteiger partial charge in [0.25, 0.3) is 5.56 Å². The maximum Gasteiger partial charge on any atom is 0.279 e. The Morgan fingerprint density at radius 2 is 1.80 bits per heavy atom. The Hall–Kier alpha value is -3.06. The summed E-state index contributed by atoms with van der Waals surface area (Å²) in [6, 6.07) is 12.1. The Bertz CT molecular complexity index is 941. The highest BCUT2D eigenvalue weighted by Crippen LogP contribution is 2.29. The van der Waals surface area contributed by atoms with Crippen molar-refractivity contribution in [2.45, 2.75) is 0 Å². The first-order valence-electron chi connectivity index (χ1n) is 7.32. The van der Waals surface area contributed by atoms with Gasteiger partial charge in [-0.05, 0) is 42.5 Å². The average molecular weight is 359 g/mol. The van der Waals surface area contributed by atoms with Gasteiger partial charge in [-0.15, -0.1) is 10.2 Å². The lowest BCUT2D eigenvalue weighted by Crippen LogP contribution is -2.15. The van der Waals surface area contributed by atoms with Gasteiger partial charge < -0.3 is 14.8 Å². The van der Waals surface area contributed by atoms with Crippen LogP contribution in [0.4, 0.5) is 11.6 Å². The van der Waals surface area contributed by atoms with Gasteiger partial charge in [-0.2, -0.15) is 0 Å². The molecule has 1 aromatic heterocycles. The second-order valence-corrected chi connectivity index (χ2v) is 5.49. The van der Waals surface area contributed by atoms with Crippen LogP contribution in [0.3, 0.4) is 0 Å². The fourth-order valence-corrected chi connectivity index (χ4v) is 2.41. The Morgan fingerprint density at radius 1 is 1.04 bits per heavy atom. The van der Waals surface area contributed by atoms with Gasteiger partial charge in [-0.1, -0.05) is 11.6 Å². The molecule has 7 nitrogen and oxygen atoms in total. The third-order valence-electron chi connectivity index (χ3n) is 3.48. The van der Waals surface area contributed by atoms with Crippen molar-refractivity contribution >= 4 is 23.2 Å². The molecule has 1 heterocycles. The molecule has 0 aliphatic heterocycles. The van der Waals surface area contributed by atoms with Gasteiger partial charge >= 0.3 is 0 Å². The van der Waals surface area contributed by atoms with Gasteiger partial charge in [-0.25, -0.2) is 0 Å². The van der Waals surface area contributed by atoms with Crippen molar-refractivity contribution in [3.63, 3.8) is 0 Å². The minimum Gasteiger partial charge on any atom is -0.497 e. The van der Waals surface area contributed by atoms with Crippen molar-refractivity contribution in [2.24, 2.45) is 0 Å². The second-order valence-electron chi connectivity index (χ2n) is 5.05. The number of halogens is 1. The Balaban J connectivity index is 1.89. The zero-order valence-electron chi connectivity index (χ0n) is 13.5. The lowest BCUT2D eigenvalue weighted by molar-refractivity contribution is 0.415. The molecule has 0 saturated carbocycles. The van der Waals surface area contributed by atoms with Gasteiger partial charge in [-0.3, -0.25) is 9.78 Å². The minimum absolute atomic E-state index is 0.183. The lowest BCUT2D eigenvalue weighted by Gasteiger charge is -2.10. The molecule has 25 heavy (non-hydrogen) atoms. The van der Waals surface area contributed by atoms with E-state index in [1.54, 1.807) is 49.6 Å². The summed E-state index contributed by atoms with van der Waals surface area (Å²) >= 11 is 5.99. The molecule has 3 aromatic rings. The molecular formula is C17H15ClN4O3. The molecule has 0 fully saturated rings. The molecule has 0 spiro atoms. The molecule has 0 aliphatic carbocycles. The fraction of sp³-hybridized carbons (Fsp3) is 0.118. The molecule has 0 atom stereocenters. The maximum absolute atomic E-state index is 12.3. The van der Waals surface area contributed by atoms with Crippen molar-refractivity contribution in [3.05, 3.63) is 57.8 Å². The highest BCUT2D eigenvalue weighted by Gasteiger charge is 2.10. The molecule has 128 valence electrons. The molecule has 0 saturated heterocycles. The number of aromatic nitrogens is 3. The molecule has 0 unspecified atom stereocenters. The van der Waals surface area contributed by atoms with Crippen molar-refractivity contribution in [2.75, 3.05) is 19.5 Å². The van der Waals surface area contributed by atoms with Gasteiger partial charge in [0.2, 0.25) is 5.95 Å². The van der Waals surface area contributed by atoms with Crippen LogP contribution in [-0.2, 0) is 0 Å². The summed E-state index contributed by atoms with van der Waals surface area (Å²) in [6.45, 7) is 0. The largest absolute Gasteiger partial charge is 0.497 e. The zero-order valence-corrected chi connectivity index (χ0v) is 14.3. The number of methoxy groups -OCH3 is 2. The summed E-state index contributed by atoms with van der Waals surface area (Å²) in [5.41, 5.74) is 1.05. The first-order valence-corrected chi connectivity index (χ1v) is 7.70. The molecule has 8 heteroatoms. The molecule has 2 aromatic carbocycles. The number of benzene rings is 2. The van der Waals surface area contributed by atoms with E-state index in [1.807, 2.05) is 0 Å². The highest BCUT2D eigenvalue weighted by atomic mass is 35.5. The quantitative estimate of drug-likeness (QED) is 0.727. The van der Waals surface area contributed by atoms with Crippen LogP contribution < -0.4 is 20.3 Å². The summed E-state index contributed by atoms with van der Waals surface area (Å²) in [5.74, 6) is 1.44. The van der Waals surface area contributed by atoms with Crippen LogP contribution in [0.15, 0.2) is 47.3 Å². The summed E-state index contributed by atoms with van der Waals surface area (Å²) in [5, 5.41) is 11.5. The van der Waals surface area contributed by atoms with Gasteiger partial charge in [0.1, 0.15) is 11.5 Å². The third-order valence-corrected chi connectivity index (χ3v) is 3.71. The van der Waals surface area contributed by atoms with Crippen molar-refractivity contribution in [1.82, 2.24) is 15.2 Å². The van der Waals surface area contributed by atoms with Crippen LogP contribution in [-0.4, -0.2) is 29.4 Å². The predicted octanol–water partition coefficient (Wildman–Crippen LogP) is 3.25. The first kappa shape index (κ1) is 16.8. The van der Waals surface area contributed by atoms with E-state index in [2.05, 4.69) is 20.5 Å².